The van der Waals surface area contributed by atoms with Crippen LogP contribution in [0.25, 0.3) is 0 Å². The average Bonchev–Trinajstić information content (AvgIpc) is 2.51. The molecule has 2 rings (SSSR count). The average molecular weight is 320 g/mol. The van der Waals surface area contributed by atoms with E-state index in [0.717, 1.165) is 43.8 Å². The van der Waals surface area contributed by atoms with Gasteiger partial charge in [-0.15, -0.1) is 0 Å². The van der Waals surface area contributed by atoms with Crippen LogP contribution in [0.15, 0.2) is 24.3 Å². The zero-order chi connectivity index (χ0) is 16.7. The summed E-state index contributed by atoms with van der Waals surface area (Å²) in [4.78, 5) is 13.3. The highest BCUT2D eigenvalue weighted by molar-refractivity contribution is 5.72. The van der Waals surface area contributed by atoms with Gasteiger partial charge >= 0.3 is 0 Å². The number of hydrogen-bond acceptors (Lipinski definition) is 4. The number of likely N-dealkylation sites (tertiary alicyclic amines) is 1. The topological polar surface area (TPSA) is 61.8 Å². The molecule has 128 valence electrons. The molecule has 1 aliphatic heterocycles. The van der Waals surface area contributed by atoms with Gasteiger partial charge in [0.05, 0.1) is 0 Å². The van der Waals surface area contributed by atoms with Crippen LogP contribution in [0.4, 0.5) is 0 Å². The normalized spacial score (nSPS) is 20.0. The highest BCUT2D eigenvalue weighted by Gasteiger charge is 2.22. The number of aliphatic hydroxyl groups excluding tert-OH is 1. The van der Waals surface area contributed by atoms with Crippen LogP contribution in [0.2, 0.25) is 0 Å². The summed E-state index contributed by atoms with van der Waals surface area (Å²) in [5.41, 5.74) is 1.15. The van der Waals surface area contributed by atoms with E-state index in [4.69, 9.17) is 4.74 Å². The smallest absolute Gasteiger partial charge is 0.216 e. The zero-order valence-corrected chi connectivity index (χ0v) is 14.1. The zero-order valence-electron chi connectivity index (χ0n) is 14.1. The number of β-amino-alcohol motifs (C(OH)–C–C–N with tert-alkyl or cyclic N) is 1. The van der Waals surface area contributed by atoms with Crippen LogP contribution in [-0.2, 0) is 4.79 Å². The van der Waals surface area contributed by atoms with E-state index >= 15 is 0 Å². The van der Waals surface area contributed by atoms with Crippen molar-refractivity contribution in [2.75, 3.05) is 32.8 Å². The van der Waals surface area contributed by atoms with E-state index in [9.17, 15) is 9.90 Å². The van der Waals surface area contributed by atoms with Gasteiger partial charge < -0.3 is 20.1 Å². The molecule has 2 atom stereocenters. The Morgan fingerprint density at radius 1 is 1.52 bits per heavy atom. The summed E-state index contributed by atoms with van der Waals surface area (Å²) >= 11 is 0. The molecule has 1 amide bonds. The lowest BCUT2D eigenvalue weighted by atomic mass is 9.97. The first-order valence-corrected chi connectivity index (χ1v) is 8.37. The molecule has 1 aromatic rings. The maximum atomic E-state index is 11.0. The van der Waals surface area contributed by atoms with Gasteiger partial charge in [0.1, 0.15) is 18.5 Å². The van der Waals surface area contributed by atoms with Gasteiger partial charge in [-0.05, 0) is 49.9 Å². The molecule has 2 unspecified atom stereocenters. The van der Waals surface area contributed by atoms with Gasteiger partial charge in [0.15, 0.2) is 0 Å². The molecule has 0 saturated carbocycles. The predicted octanol–water partition coefficient (Wildman–Crippen LogP) is 1.58. The molecule has 0 spiro atoms. The first-order chi connectivity index (χ1) is 11.0. The third-order valence-corrected chi connectivity index (χ3v) is 4.14. The Bertz CT molecular complexity index is 507. The number of aryl methyl sites for hydroxylation is 1. The summed E-state index contributed by atoms with van der Waals surface area (Å²) in [5, 5.41) is 13.1. The molecule has 0 aliphatic carbocycles. The monoisotopic (exact) mass is 320 g/mol. The number of carbonyl (C=O) groups is 1. The summed E-state index contributed by atoms with van der Waals surface area (Å²) in [6.07, 6.45) is 1.73. The first kappa shape index (κ1) is 17.8. The molecule has 0 radical (unpaired) electrons. The van der Waals surface area contributed by atoms with Crippen molar-refractivity contribution >= 4 is 5.91 Å². The molecule has 1 aromatic carbocycles. The quantitative estimate of drug-likeness (QED) is 0.801. The minimum absolute atomic E-state index is 0.0220. The van der Waals surface area contributed by atoms with E-state index in [1.54, 1.807) is 6.92 Å². The van der Waals surface area contributed by atoms with E-state index in [-0.39, 0.29) is 5.91 Å². The number of aliphatic hydroxyl groups is 1. The summed E-state index contributed by atoms with van der Waals surface area (Å²) in [6, 6.07) is 7.85. The predicted molar refractivity (Wildman–Crippen MR) is 90.5 cm³/mol. The summed E-state index contributed by atoms with van der Waals surface area (Å²) in [7, 11) is 0. The minimum Gasteiger partial charge on any atom is -0.491 e. The molecular weight excluding hydrogens is 292 g/mol. The van der Waals surface area contributed by atoms with Crippen LogP contribution >= 0.6 is 0 Å². The maximum Gasteiger partial charge on any atom is 0.216 e. The molecule has 0 bridgehead atoms. The van der Waals surface area contributed by atoms with Gasteiger partial charge in [-0.1, -0.05) is 12.1 Å². The lowest BCUT2D eigenvalue weighted by Crippen LogP contribution is -2.44. The van der Waals surface area contributed by atoms with Crippen molar-refractivity contribution in [2.45, 2.75) is 32.8 Å². The Balaban J connectivity index is 1.71. The van der Waals surface area contributed by atoms with Crippen LogP contribution in [0.3, 0.4) is 0 Å². The second kappa shape index (κ2) is 8.89. The Hall–Kier alpha value is -1.59. The Morgan fingerprint density at radius 2 is 2.35 bits per heavy atom. The van der Waals surface area contributed by atoms with E-state index in [2.05, 4.69) is 10.2 Å². The third-order valence-electron chi connectivity index (χ3n) is 4.14. The highest BCUT2D eigenvalue weighted by atomic mass is 16.5. The molecule has 5 nitrogen and oxygen atoms in total. The number of nitrogens with zero attached hydrogens (tertiary/aromatic N) is 1. The number of ether oxygens (including phenoxy) is 1. The second-order valence-corrected chi connectivity index (χ2v) is 6.49. The van der Waals surface area contributed by atoms with Gasteiger partial charge in [-0.25, -0.2) is 0 Å². The van der Waals surface area contributed by atoms with Gasteiger partial charge in [0, 0.05) is 26.6 Å². The standard InChI is InChI=1S/C18H28N2O3/c1-14-5-3-7-18(9-14)23-13-17(22)12-20-8-4-6-16(11-20)10-19-15(2)21/h3,5,7,9,16-17,22H,4,6,8,10-13H2,1-2H3,(H,19,21). The van der Waals surface area contributed by atoms with Crippen molar-refractivity contribution in [1.29, 1.82) is 0 Å². The van der Waals surface area contributed by atoms with Gasteiger partial charge in [-0.3, -0.25) is 4.79 Å². The first-order valence-electron chi connectivity index (χ1n) is 8.37. The van der Waals surface area contributed by atoms with Crippen molar-refractivity contribution in [1.82, 2.24) is 10.2 Å². The molecule has 5 heteroatoms. The molecule has 23 heavy (non-hydrogen) atoms. The van der Waals surface area contributed by atoms with Crippen molar-refractivity contribution in [3.05, 3.63) is 29.8 Å². The second-order valence-electron chi connectivity index (χ2n) is 6.49. The van der Waals surface area contributed by atoms with Crippen molar-refractivity contribution < 1.29 is 14.6 Å². The molecule has 2 N–H and O–H groups in total. The molecule has 1 aliphatic rings. The highest BCUT2D eigenvalue weighted by Crippen LogP contribution is 2.17. The lowest BCUT2D eigenvalue weighted by molar-refractivity contribution is -0.119. The van der Waals surface area contributed by atoms with E-state index < -0.39 is 6.10 Å². The number of piperidine rings is 1. The van der Waals surface area contributed by atoms with Crippen molar-refractivity contribution in [2.24, 2.45) is 5.92 Å². The number of benzene rings is 1. The fourth-order valence-corrected chi connectivity index (χ4v) is 3.02. The van der Waals surface area contributed by atoms with Gasteiger partial charge in [-0.2, -0.15) is 0 Å². The molecule has 1 saturated heterocycles. The minimum atomic E-state index is -0.505. The Labute approximate surface area is 138 Å². The fourth-order valence-electron chi connectivity index (χ4n) is 3.02. The number of carbonyl (C=O) groups excluding carboxylic acids is 1. The Morgan fingerprint density at radius 3 is 3.09 bits per heavy atom. The summed E-state index contributed by atoms with van der Waals surface area (Å²) in [6.45, 7) is 7.12. The van der Waals surface area contributed by atoms with Crippen molar-refractivity contribution in [3.8, 4) is 5.75 Å². The summed E-state index contributed by atoms with van der Waals surface area (Å²) < 4.78 is 5.66. The molecular formula is C18H28N2O3. The third kappa shape index (κ3) is 6.59. The maximum absolute atomic E-state index is 11.0. The Kier molecular flexibility index (Phi) is 6.86. The van der Waals surface area contributed by atoms with E-state index in [1.165, 1.54) is 0 Å². The molecule has 1 heterocycles. The van der Waals surface area contributed by atoms with Crippen LogP contribution < -0.4 is 10.1 Å². The largest absolute Gasteiger partial charge is 0.491 e. The molecule has 0 aromatic heterocycles. The van der Waals surface area contributed by atoms with Gasteiger partial charge in [0.25, 0.3) is 0 Å². The SMILES string of the molecule is CC(=O)NCC1CCCN(CC(O)COc2cccc(C)c2)C1. The van der Waals surface area contributed by atoms with Crippen molar-refractivity contribution in [3.63, 3.8) is 0 Å². The summed E-state index contributed by atoms with van der Waals surface area (Å²) in [5.74, 6) is 1.29. The van der Waals surface area contributed by atoms with E-state index in [1.807, 2.05) is 31.2 Å². The number of amides is 1. The van der Waals surface area contributed by atoms with Crippen LogP contribution in [0.5, 0.6) is 5.75 Å². The van der Waals surface area contributed by atoms with Crippen LogP contribution in [0.1, 0.15) is 25.3 Å². The fraction of sp³-hybridized carbons (Fsp3) is 0.611. The molecule has 1 fully saturated rings. The van der Waals surface area contributed by atoms with E-state index in [0.29, 0.717) is 19.1 Å². The van der Waals surface area contributed by atoms with Crippen LogP contribution in [-0.4, -0.2) is 54.8 Å². The number of hydrogen-bond donors (Lipinski definition) is 2. The van der Waals surface area contributed by atoms with Crippen LogP contribution in [0, 0.1) is 12.8 Å². The number of nitrogens with one attached hydrogen (secondary N) is 1. The number of rotatable bonds is 7. The van der Waals surface area contributed by atoms with Gasteiger partial charge in [0.2, 0.25) is 5.91 Å². The lowest BCUT2D eigenvalue weighted by Gasteiger charge is -2.33.